The van der Waals surface area contributed by atoms with E-state index in [1.807, 2.05) is 24.4 Å². The first-order valence-corrected chi connectivity index (χ1v) is 6.64. The highest BCUT2D eigenvalue weighted by molar-refractivity contribution is 7.10. The number of hydrogen-bond acceptors (Lipinski definition) is 6. The van der Waals surface area contributed by atoms with Gasteiger partial charge in [0.2, 0.25) is 0 Å². The van der Waals surface area contributed by atoms with E-state index in [4.69, 9.17) is 5.73 Å². The smallest absolute Gasteiger partial charge is 0.340 e. The largest absolute Gasteiger partial charge is 0.465 e. The summed E-state index contributed by atoms with van der Waals surface area (Å²) in [7, 11) is 1.32. The molecule has 1 unspecified atom stereocenters. The lowest BCUT2D eigenvalue weighted by molar-refractivity contribution is 0.0602. The van der Waals surface area contributed by atoms with Crippen LogP contribution in [0.15, 0.2) is 29.8 Å². The van der Waals surface area contributed by atoms with Crippen LogP contribution in [0.5, 0.6) is 0 Å². The highest BCUT2D eigenvalue weighted by Gasteiger charge is 2.15. The standard InChI is InChI=1S/C13H15N3O2S/c1-8(10-4-3-7-19-10)16-12-11(14)9(5-6-15-12)13(17)18-2/h3-8H,14H2,1-2H3,(H,15,16). The predicted octanol–water partition coefficient (Wildman–Crippen LogP) is 2.69. The number of aromatic nitrogens is 1. The topological polar surface area (TPSA) is 77.2 Å². The fourth-order valence-electron chi connectivity index (χ4n) is 1.69. The normalized spacial score (nSPS) is 11.9. The van der Waals surface area contributed by atoms with Crippen LogP contribution in [0.2, 0.25) is 0 Å². The van der Waals surface area contributed by atoms with Crippen LogP contribution in [0.25, 0.3) is 0 Å². The zero-order valence-electron chi connectivity index (χ0n) is 10.7. The van der Waals surface area contributed by atoms with E-state index in [1.54, 1.807) is 17.4 Å². The monoisotopic (exact) mass is 277 g/mol. The number of rotatable bonds is 4. The SMILES string of the molecule is COC(=O)c1ccnc(NC(C)c2cccs2)c1N. The Hall–Kier alpha value is -2.08. The molecule has 2 aromatic heterocycles. The Morgan fingerprint density at radius 3 is 2.95 bits per heavy atom. The minimum absolute atomic E-state index is 0.0719. The summed E-state index contributed by atoms with van der Waals surface area (Å²) in [6, 6.07) is 5.63. The quantitative estimate of drug-likeness (QED) is 0.840. The number of nitrogen functional groups attached to an aromatic ring is 1. The van der Waals surface area contributed by atoms with Crippen molar-refractivity contribution in [1.29, 1.82) is 0 Å². The lowest BCUT2D eigenvalue weighted by Gasteiger charge is -2.15. The Kier molecular flexibility index (Phi) is 4.01. The van der Waals surface area contributed by atoms with E-state index in [2.05, 4.69) is 15.0 Å². The lowest BCUT2D eigenvalue weighted by Crippen LogP contribution is -2.12. The van der Waals surface area contributed by atoms with Gasteiger partial charge in [0, 0.05) is 11.1 Å². The van der Waals surface area contributed by atoms with Crippen LogP contribution in [0, 0.1) is 0 Å². The van der Waals surface area contributed by atoms with Crippen LogP contribution >= 0.6 is 11.3 Å². The van der Waals surface area contributed by atoms with E-state index in [0.29, 0.717) is 17.1 Å². The van der Waals surface area contributed by atoms with Crippen molar-refractivity contribution >= 4 is 28.8 Å². The summed E-state index contributed by atoms with van der Waals surface area (Å²) in [4.78, 5) is 16.9. The van der Waals surface area contributed by atoms with Crippen LogP contribution in [-0.2, 0) is 4.74 Å². The number of carbonyl (C=O) groups excluding carboxylic acids is 1. The number of nitrogens with two attached hydrogens (primary N) is 1. The van der Waals surface area contributed by atoms with Gasteiger partial charge in [0.1, 0.15) is 0 Å². The van der Waals surface area contributed by atoms with E-state index >= 15 is 0 Å². The maximum Gasteiger partial charge on any atom is 0.340 e. The molecule has 0 fully saturated rings. The first-order valence-electron chi connectivity index (χ1n) is 5.76. The maximum absolute atomic E-state index is 11.5. The van der Waals surface area contributed by atoms with Crippen molar-refractivity contribution in [3.05, 3.63) is 40.2 Å². The van der Waals surface area contributed by atoms with Gasteiger partial charge in [-0.15, -0.1) is 11.3 Å². The molecule has 0 aliphatic carbocycles. The summed E-state index contributed by atoms with van der Waals surface area (Å²) >= 11 is 1.65. The molecule has 0 amide bonds. The summed E-state index contributed by atoms with van der Waals surface area (Å²) in [5.74, 6) is 0.0236. The third-order valence-corrected chi connectivity index (χ3v) is 3.77. The average Bonchev–Trinajstić information content (AvgIpc) is 2.94. The molecule has 5 nitrogen and oxygen atoms in total. The average molecular weight is 277 g/mol. The van der Waals surface area contributed by atoms with Gasteiger partial charge >= 0.3 is 5.97 Å². The number of hydrogen-bond donors (Lipinski definition) is 2. The minimum atomic E-state index is -0.466. The Morgan fingerprint density at radius 2 is 2.32 bits per heavy atom. The van der Waals surface area contributed by atoms with Gasteiger partial charge in [0.05, 0.1) is 24.4 Å². The Morgan fingerprint density at radius 1 is 1.53 bits per heavy atom. The molecule has 0 aromatic carbocycles. The second kappa shape index (κ2) is 5.71. The number of nitrogens with zero attached hydrogens (tertiary/aromatic N) is 1. The van der Waals surface area contributed by atoms with Crippen LogP contribution in [0.3, 0.4) is 0 Å². The number of anilines is 2. The number of nitrogens with one attached hydrogen (secondary N) is 1. The van der Waals surface area contributed by atoms with E-state index in [0.717, 1.165) is 0 Å². The van der Waals surface area contributed by atoms with Crippen LogP contribution < -0.4 is 11.1 Å². The molecule has 0 saturated heterocycles. The molecule has 3 N–H and O–H groups in total. The number of ether oxygens (including phenoxy) is 1. The van der Waals surface area contributed by atoms with Crippen molar-refractivity contribution in [2.75, 3.05) is 18.2 Å². The van der Waals surface area contributed by atoms with E-state index in [-0.39, 0.29) is 6.04 Å². The lowest BCUT2D eigenvalue weighted by atomic mass is 10.2. The molecule has 0 spiro atoms. The second-order valence-corrected chi connectivity index (χ2v) is 4.97. The fraction of sp³-hybridized carbons (Fsp3) is 0.231. The zero-order valence-corrected chi connectivity index (χ0v) is 11.5. The molecule has 2 rings (SSSR count). The fourth-order valence-corrected chi connectivity index (χ4v) is 2.42. The summed E-state index contributed by atoms with van der Waals surface area (Å²) < 4.78 is 4.68. The highest BCUT2D eigenvalue weighted by Crippen LogP contribution is 2.27. The number of pyridine rings is 1. The van der Waals surface area contributed by atoms with Crippen LogP contribution in [-0.4, -0.2) is 18.1 Å². The van der Waals surface area contributed by atoms with Gasteiger partial charge in [0.15, 0.2) is 5.82 Å². The molecule has 0 aliphatic heterocycles. The maximum atomic E-state index is 11.5. The molecule has 0 bridgehead atoms. The van der Waals surface area contributed by atoms with Gasteiger partial charge in [-0.2, -0.15) is 0 Å². The molecular formula is C13H15N3O2S. The summed E-state index contributed by atoms with van der Waals surface area (Å²) in [5.41, 5.74) is 6.56. The van der Waals surface area contributed by atoms with Gasteiger partial charge in [-0.3, -0.25) is 0 Å². The molecule has 0 aliphatic rings. The van der Waals surface area contributed by atoms with Crippen LogP contribution in [0.4, 0.5) is 11.5 Å². The summed E-state index contributed by atoms with van der Waals surface area (Å²) in [6.07, 6.45) is 1.53. The van der Waals surface area contributed by atoms with Crippen molar-refractivity contribution in [2.24, 2.45) is 0 Å². The molecule has 19 heavy (non-hydrogen) atoms. The predicted molar refractivity (Wildman–Crippen MR) is 76.3 cm³/mol. The van der Waals surface area contributed by atoms with Gasteiger partial charge < -0.3 is 15.8 Å². The molecule has 100 valence electrons. The van der Waals surface area contributed by atoms with Crippen molar-refractivity contribution in [2.45, 2.75) is 13.0 Å². The van der Waals surface area contributed by atoms with Crippen molar-refractivity contribution < 1.29 is 9.53 Å². The van der Waals surface area contributed by atoms with Gasteiger partial charge in [0.25, 0.3) is 0 Å². The molecule has 6 heteroatoms. The Bertz CT molecular complexity index is 569. The van der Waals surface area contributed by atoms with E-state index in [9.17, 15) is 4.79 Å². The number of carbonyl (C=O) groups is 1. The third kappa shape index (κ3) is 2.85. The van der Waals surface area contributed by atoms with Gasteiger partial charge in [-0.25, -0.2) is 9.78 Å². The van der Waals surface area contributed by atoms with Crippen molar-refractivity contribution in [3.63, 3.8) is 0 Å². The van der Waals surface area contributed by atoms with Crippen molar-refractivity contribution in [3.8, 4) is 0 Å². The van der Waals surface area contributed by atoms with E-state index < -0.39 is 5.97 Å². The molecule has 0 radical (unpaired) electrons. The molecular weight excluding hydrogens is 262 g/mol. The zero-order chi connectivity index (χ0) is 13.8. The number of methoxy groups -OCH3 is 1. The molecule has 1 atom stereocenters. The number of thiophene rings is 1. The molecule has 0 saturated carbocycles. The summed E-state index contributed by atoms with van der Waals surface area (Å²) in [5, 5.41) is 5.21. The van der Waals surface area contributed by atoms with Gasteiger partial charge in [-0.1, -0.05) is 6.07 Å². The van der Waals surface area contributed by atoms with E-state index in [1.165, 1.54) is 18.2 Å². The van der Waals surface area contributed by atoms with Crippen LogP contribution in [0.1, 0.15) is 28.2 Å². The molecule has 2 aromatic rings. The second-order valence-electron chi connectivity index (χ2n) is 3.99. The van der Waals surface area contributed by atoms with Crippen molar-refractivity contribution in [1.82, 2.24) is 4.98 Å². The third-order valence-electron chi connectivity index (χ3n) is 2.72. The first kappa shape index (κ1) is 13.4. The first-order chi connectivity index (χ1) is 9.13. The van der Waals surface area contributed by atoms with Gasteiger partial charge in [-0.05, 0) is 24.4 Å². The highest BCUT2D eigenvalue weighted by atomic mass is 32.1. The Labute approximate surface area is 115 Å². The number of esters is 1. The minimum Gasteiger partial charge on any atom is -0.465 e. The summed E-state index contributed by atoms with van der Waals surface area (Å²) in [6.45, 7) is 2.01. The molecule has 2 heterocycles. The Balaban J connectivity index is 2.24.